The Kier molecular flexibility index (Phi) is 24.0. The summed E-state index contributed by atoms with van der Waals surface area (Å²) in [5.41, 5.74) is 1.60. The maximum absolute atomic E-state index is 13.0. The fourth-order valence-electron chi connectivity index (χ4n) is 6.24. The van der Waals surface area contributed by atoms with E-state index in [1.807, 2.05) is 42.5 Å². The number of unbranched alkanes of at least 4 members (excludes halogenated alkanes) is 18. The topological polar surface area (TPSA) is 44.8 Å². The van der Waals surface area contributed by atoms with Crippen LogP contribution < -0.4 is 9.47 Å². The standard InChI is InChI=1S/C43H70O4/c1-5-8-10-11-12-13-14-15-16-17-18-19-20-21-22-23-24-27-36-45-37(4)38-32-34-39(35-33-38)43(44)47-42-31-26-25-30-41(42)46-40(28-7-3)29-9-6-2/h25-26,30-35,37,40H,5-24,27-29,36H2,1-4H3. The summed E-state index contributed by atoms with van der Waals surface area (Å²) in [6, 6.07) is 15.1. The minimum atomic E-state index is -0.374. The number of benzene rings is 2. The van der Waals surface area contributed by atoms with Crippen molar-refractivity contribution in [3.8, 4) is 11.5 Å². The van der Waals surface area contributed by atoms with Crippen molar-refractivity contribution in [3.05, 3.63) is 59.7 Å². The van der Waals surface area contributed by atoms with E-state index in [9.17, 15) is 4.79 Å². The van der Waals surface area contributed by atoms with Crippen LogP contribution in [-0.2, 0) is 4.74 Å². The number of esters is 1. The monoisotopic (exact) mass is 651 g/mol. The molecule has 2 rings (SSSR count). The van der Waals surface area contributed by atoms with E-state index in [0.717, 1.165) is 50.7 Å². The maximum atomic E-state index is 13.0. The Bertz CT molecular complexity index is 1020. The second kappa shape index (κ2) is 27.6. The van der Waals surface area contributed by atoms with Gasteiger partial charge in [0.1, 0.15) is 0 Å². The molecular formula is C43H70O4. The van der Waals surface area contributed by atoms with E-state index in [2.05, 4.69) is 27.7 Å². The first-order valence-corrected chi connectivity index (χ1v) is 19.8. The molecule has 0 saturated heterocycles. The average molecular weight is 651 g/mol. The molecule has 4 heteroatoms. The molecule has 0 aromatic heterocycles. The zero-order valence-corrected chi connectivity index (χ0v) is 30.9. The SMILES string of the molecule is CCCCCCCCCCCCCCCCCCCCOC(C)c1ccc(C(=O)Oc2ccccc2OC(CCC)CCCC)cc1. The van der Waals surface area contributed by atoms with Gasteiger partial charge in [-0.25, -0.2) is 4.79 Å². The Hall–Kier alpha value is -2.33. The summed E-state index contributed by atoms with van der Waals surface area (Å²) in [7, 11) is 0. The van der Waals surface area contributed by atoms with Crippen molar-refractivity contribution in [3.63, 3.8) is 0 Å². The highest BCUT2D eigenvalue weighted by atomic mass is 16.6. The van der Waals surface area contributed by atoms with E-state index in [-0.39, 0.29) is 18.2 Å². The van der Waals surface area contributed by atoms with Gasteiger partial charge in [0.2, 0.25) is 0 Å². The number of ether oxygens (including phenoxy) is 3. The molecule has 0 fully saturated rings. The molecule has 4 nitrogen and oxygen atoms in total. The van der Waals surface area contributed by atoms with E-state index in [0.29, 0.717) is 17.1 Å². The van der Waals surface area contributed by atoms with Crippen molar-refractivity contribution >= 4 is 5.97 Å². The number of carbonyl (C=O) groups is 1. The molecule has 0 saturated carbocycles. The van der Waals surface area contributed by atoms with Gasteiger partial charge < -0.3 is 14.2 Å². The van der Waals surface area contributed by atoms with Crippen molar-refractivity contribution in [1.29, 1.82) is 0 Å². The van der Waals surface area contributed by atoms with Gasteiger partial charge in [-0.1, -0.05) is 173 Å². The molecule has 266 valence electrons. The van der Waals surface area contributed by atoms with Crippen LogP contribution in [0.3, 0.4) is 0 Å². The van der Waals surface area contributed by atoms with E-state index < -0.39 is 0 Å². The molecule has 2 atom stereocenters. The van der Waals surface area contributed by atoms with Gasteiger partial charge in [0.05, 0.1) is 17.8 Å². The van der Waals surface area contributed by atoms with Gasteiger partial charge in [-0.2, -0.15) is 0 Å². The molecule has 2 aromatic rings. The van der Waals surface area contributed by atoms with Gasteiger partial charge in [0.15, 0.2) is 11.5 Å². The van der Waals surface area contributed by atoms with Crippen LogP contribution in [0.1, 0.15) is 197 Å². The molecule has 0 radical (unpaired) electrons. The normalized spacial score (nSPS) is 12.6. The lowest BCUT2D eigenvalue weighted by Gasteiger charge is -2.20. The van der Waals surface area contributed by atoms with E-state index in [1.165, 1.54) is 109 Å². The number of para-hydroxylation sites is 2. The predicted octanol–water partition coefficient (Wildman–Crippen LogP) is 13.8. The van der Waals surface area contributed by atoms with E-state index >= 15 is 0 Å². The fourth-order valence-corrected chi connectivity index (χ4v) is 6.24. The summed E-state index contributed by atoms with van der Waals surface area (Å²) in [5.74, 6) is 0.731. The highest BCUT2D eigenvalue weighted by molar-refractivity contribution is 5.91. The third-order valence-corrected chi connectivity index (χ3v) is 9.32. The van der Waals surface area contributed by atoms with Crippen molar-refractivity contribution in [2.45, 2.75) is 188 Å². The molecule has 2 unspecified atom stereocenters. The van der Waals surface area contributed by atoms with Crippen molar-refractivity contribution in [2.24, 2.45) is 0 Å². The molecule has 0 N–H and O–H groups in total. The third kappa shape index (κ3) is 19.3. The van der Waals surface area contributed by atoms with Crippen LogP contribution >= 0.6 is 0 Å². The quantitative estimate of drug-likeness (QED) is 0.0479. The zero-order valence-electron chi connectivity index (χ0n) is 30.9. The molecule has 0 amide bonds. The van der Waals surface area contributed by atoms with Crippen LogP contribution in [-0.4, -0.2) is 18.7 Å². The van der Waals surface area contributed by atoms with Gasteiger partial charge in [0, 0.05) is 6.61 Å². The highest BCUT2D eigenvalue weighted by Crippen LogP contribution is 2.30. The number of rotatable bonds is 30. The predicted molar refractivity (Wildman–Crippen MR) is 200 cm³/mol. The summed E-state index contributed by atoms with van der Waals surface area (Å²) in [6.45, 7) is 9.52. The molecule has 0 aliphatic heterocycles. The highest BCUT2D eigenvalue weighted by Gasteiger charge is 2.16. The van der Waals surface area contributed by atoms with Crippen molar-refractivity contribution < 1.29 is 19.0 Å². The van der Waals surface area contributed by atoms with Crippen molar-refractivity contribution in [2.75, 3.05) is 6.61 Å². The summed E-state index contributed by atoms with van der Waals surface area (Å²) in [6.07, 6.45) is 30.4. The molecule has 0 spiro atoms. The van der Waals surface area contributed by atoms with Gasteiger partial charge in [-0.05, 0) is 56.0 Å². The fraction of sp³-hybridized carbons (Fsp3) is 0.698. The molecular weight excluding hydrogens is 580 g/mol. The molecule has 2 aromatic carbocycles. The Labute approximate surface area is 289 Å². The Morgan fingerprint density at radius 3 is 1.55 bits per heavy atom. The molecule has 0 heterocycles. The third-order valence-electron chi connectivity index (χ3n) is 9.32. The summed E-state index contributed by atoms with van der Waals surface area (Å²) in [4.78, 5) is 13.0. The van der Waals surface area contributed by atoms with Crippen molar-refractivity contribution in [1.82, 2.24) is 0 Å². The van der Waals surface area contributed by atoms with E-state index in [1.54, 1.807) is 6.07 Å². The summed E-state index contributed by atoms with van der Waals surface area (Å²) >= 11 is 0. The summed E-state index contributed by atoms with van der Waals surface area (Å²) in [5, 5.41) is 0. The zero-order chi connectivity index (χ0) is 33.8. The lowest BCUT2D eigenvalue weighted by molar-refractivity contribution is 0.0625. The number of carbonyl (C=O) groups excluding carboxylic acids is 1. The first-order valence-electron chi connectivity index (χ1n) is 19.8. The van der Waals surface area contributed by atoms with E-state index in [4.69, 9.17) is 14.2 Å². The molecule has 0 bridgehead atoms. The van der Waals surface area contributed by atoms with Crippen LogP contribution in [0.4, 0.5) is 0 Å². The Morgan fingerprint density at radius 1 is 0.553 bits per heavy atom. The molecule has 47 heavy (non-hydrogen) atoms. The van der Waals surface area contributed by atoms with Gasteiger partial charge in [0.25, 0.3) is 0 Å². The maximum Gasteiger partial charge on any atom is 0.343 e. The lowest BCUT2D eigenvalue weighted by Crippen LogP contribution is -2.17. The minimum absolute atomic E-state index is 0.00129. The number of hydrogen-bond donors (Lipinski definition) is 0. The first-order chi connectivity index (χ1) is 23.1. The van der Waals surface area contributed by atoms with Crippen LogP contribution in [0.25, 0.3) is 0 Å². The Morgan fingerprint density at radius 2 is 1.04 bits per heavy atom. The van der Waals surface area contributed by atoms with Crippen LogP contribution in [0.15, 0.2) is 48.5 Å². The lowest BCUT2D eigenvalue weighted by atomic mass is 10.0. The minimum Gasteiger partial charge on any atom is -0.487 e. The van der Waals surface area contributed by atoms with Crippen LogP contribution in [0.2, 0.25) is 0 Å². The molecule has 0 aliphatic carbocycles. The Balaban J connectivity index is 1.55. The average Bonchev–Trinajstić information content (AvgIpc) is 3.09. The van der Waals surface area contributed by atoms with Crippen LogP contribution in [0.5, 0.6) is 11.5 Å². The molecule has 0 aliphatic rings. The smallest absolute Gasteiger partial charge is 0.343 e. The first kappa shape index (κ1) is 40.8. The van der Waals surface area contributed by atoms with Gasteiger partial charge in [-0.3, -0.25) is 0 Å². The summed E-state index contributed by atoms with van der Waals surface area (Å²) < 4.78 is 18.2. The van der Waals surface area contributed by atoms with Gasteiger partial charge in [-0.15, -0.1) is 0 Å². The number of hydrogen-bond acceptors (Lipinski definition) is 4. The van der Waals surface area contributed by atoms with Gasteiger partial charge >= 0.3 is 5.97 Å². The largest absolute Gasteiger partial charge is 0.487 e. The van der Waals surface area contributed by atoms with Crippen LogP contribution in [0, 0.1) is 0 Å². The second-order valence-electron chi connectivity index (χ2n) is 13.7. The second-order valence-corrected chi connectivity index (χ2v) is 13.7.